The zero-order valence-electron chi connectivity index (χ0n) is 24.5. The van der Waals surface area contributed by atoms with Crippen LogP contribution >= 0.6 is 0 Å². The molecule has 42 heavy (non-hydrogen) atoms. The van der Waals surface area contributed by atoms with Gasteiger partial charge in [0.2, 0.25) is 5.91 Å². The van der Waals surface area contributed by atoms with Crippen molar-refractivity contribution in [1.82, 2.24) is 25.1 Å². The fourth-order valence-electron chi connectivity index (χ4n) is 5.44. The van der Waals surface area contributed by atoms with Crippen LogP contribution in [0.4, 0.5) is 5.82 Å². The largest absolute Gasteiger partial charge is 0.485 e. The number of amides is 2. The quantitative estimate of drug-likeness (QED) is 0.298. The van der Waals surface area contributed by atoms with E-state index in [-0.39, 0.29) is 24.4 Å². The fourth-order valence-corrected chi connectivity index (χ4v) is 5.44. The van der Waals surface area contributed by atoms with Crippen LogP contribution in [0.2, 0.25) is 0 Å². The zero-order valence-corrected chi connectivity index (χ0v) is 24.5. The molecular formula is C31H40N6O5. The standard InChI is InChI=1S/C31H40N6O5/c1-20(2)10-30(39)37-15-24(16-37)35-29-11-22(6-8-33-29)31(40)34-12-25(38)17-36-9-7-27-21(3)28(5-4-23(27)14-36)41-18-26-13-32-19-42-26/h4-6,8,11,13,19-20,24-25,38H,7,9-10,12,14-18H2,1-3H3,(H,33,35)(H,34,40). The lowest BCUT2D eigenvalue weighted by molar-refractivity contribution is -0.135. The number of ether oxygens (including phenoxy) is 1. The Bertz CT molecular complexity index is 1370. The first-order chi connectivity index (χ1) is 20.2. The maximum absolute atomic E-state index is 12.8. The molecule has 1 fully saturated rings. The molecule has 0 bridgehead atoms. The summed E-state index contributed by atoms with van der Waals surface area (Å²) in [4.78, 5) is 37.2. The van der Waals surface area contributed by atoms with Gasteiger partial charge in [0.15, 0.2) is 12.2 Å². The highest BCUT2D eigenvalue weighted by Gasteiger charge is 2.31. The normalized spacial score (nSPS) is 16.1. The fraction of sp³-hybridized carbons (Fsp3) is 0.484. The summed E-state index contributed by atoms with van der Waals surface area (Å²) in [5.41, 5.74) is 4.09. The average Bonchev–Trinajstić information content (AvgIpc) is 3.46. The number of anilines is 1. The Kier molecular flexibility index (Phi) is 9.38. The van der Waals surface area contributed by atoms with Crippen LogP contribution in [0.5, 0.6) is 5.75 Å². The molecule has 1 unspecified atom stereocenters. The number of pyridine rings is 1. The van der Waals surface area contributed by atoms with Gasteiger partial charge in [0.1, 0.15) is 18.2 Å². The van der Waals surface area contributed by atoms with Gasteiger partial charge in [-0.3, -0.25) is 14.5 Å². The minimum Gasteiger partial charge on any atom is -0.485 e. The van der Waals surface area contributed by atoms with Crippen LogP contribution in [0.3, 0.4) is 0 Å². The Morgan fingerprint density at radius 2 is 2.07 bits per heavy atom. The van der Waals surface area contributed by atoms with Crippen molar-refractivity contribution < 1.29 is 23.8 Å². The third-order valence-corrected chi connectivity index (χ3v) is 7.73. The number of nitrogens with one attached hydrogen (secondary N) is 2. The molecule has 11 heteroatoms. The third kappa shape index (κ3) is 7.46. The van der Waals surface area contributed by atoms with Crippen LogP contribution in [-0.2, 0) is 24.4 Å². The second-order valence-electron chi connectivity index (χ2n) is 11.6. The monoisotopic (exact) mass is 576 g/mol. The van der Waals surface area contributed by atoms with Crippen molar-refractivity contribution in [2.24, 2.45) is 5.92 Å². The summed E-state index contributed by atoms with van der Waals surface area (Å²) in [5.74, 6) is 2.36. The summed E-state index contributed by atoms with van der Waals surface area (Å²) in [6.07, 6.45) is 5.34. The number of carbonyl (C=O) groups excluding carboxylic acids is 2. The Labute approximate surface area is 246 Å². The van der Waals surface area contributed by atoms with Gasteiger partial charge in [-0.05, 0) is 54.2 Å². The number of likely N-dealkylation sites (tertiary alicyclic amines) is 1. The average molecular weight is 577 g/mol. The molecule has 0 spiro atoms. The van der Waals surface area contributed by atoms with E-state index in [0.717, 1.165) is 30.8 Å². The van der Waals surface area contributed by atoms with E-state index in [2.05, 4.69) is 38.5 Å². The smallest absolute Gasteiger partial charge is 0.251 e. The van der Waals surface area contributed by atoms with Crippen LogP contribution in [-0.4, -0.2) is 81.6 Å². The number of hydrogen-bond donors (Lipinski definition) is 3. The first-order valence-electron chi connectivity index (χ1n) is 14.6. The third-order valence-electron chi connectivity index (χ3n) is 7.73. The number of oxazole rings is 1. The Balaban J connectivity index is 1.05. The topological polar surface area (TPSA) is 133 Å². The molecule has 0 radical (unpaired) electrons. The van der Waals surface area contributed by atoms with E-state index in [1.807, 2.05) is 24.8 Å². The minimum atomic E-state index is -0.704. The van der Waals surface area contributed by atoms with Crippen LogP contribution in [0.15, 0.2) is 47.5 Å². The predicted octanol–water partition coefficient (Wildman–Crippen LogP) is 2.77. The molecule has 224 valence electrons. The molecule has 2 aliphatic heterocycles. The summed E-state index contributed by atoms with van der Waals surface area (Å²) < 4.78 is 11.2. The summed E-state index contributed by atoms with van der Waals surface area (Å²) in [6.45, 7) is 9.90. The van der Waals surface area contributed by atoms with Crippen LogP contribution in [0, 0.1) is 12.8 Å². The van der Waals surface area contributed by atoms with Crippen LogP contribution in [0.25, 0.3) is 0 Å². The molecule has 5 rings (SSSR count). The number of carbonyl (C=O) groups is 2. The predicted molar refractivity (Wildman–Crippen MR) is 157 cm³/mol. The molecular weight excluding hydrogens is 536 g/mol. The number of fused-ring (bicyclic) bond motifs is 1. The number of aliphatic hydroxyl groups excluding tert-OH is 1. The summed E-state index contributed by atoms with van der Waals surface area (Å²) in [6, 6.07) is 7.53. The van der Waals surface area contributed by atoms with Crippen LogP contribution < -0.4 is 15.4 Å². The van der Waals surface area contributed by atoms with Crippen molar-refractivity contribution in [3.63, 3.8) is 0 Å². The van der Waals surface area contributed by atoms with Crippen LogP contribution in [0.1, 0.15) is 53.1 Å². The number of nitrogens with zero attached hydrogens (tertiary/aromatic N) is 4. The Morgan fingerprint density at radius 1 is 1.24 bits per heavy atom. The van der Waals surface area contributed by atoms with E-state index in [4.69, 9.17) is 9.15 Å². The molecule has 0 saturated carbocycles. The second kappa shape index (κ2) is 13.3. The van der Waals surface area contributed by atoms with Gasteiger partial charge >= 0.3 is 0 Å². The highest BCUT2D eigenvalue weighted by Crippen LogP contribution is 2.30. The molecule has 2 aliphatic rings. The molecule has 2 amide bonds. The number of aliphatic hydroxyl groups is 1. The van der Waals surface area contributed by atoms with Crippen molar-refractivity contribution in [3.05, 3.63) is 71.1 Å². The number of rotatable bonds is 12. The van der Waals surface area contributed by atoms with E-state index < -0.39 is 6.10 Å². The van der Waals surface area contributed by atoms with E-state index in [1.54, 1.807) is 24.5 Å². The lowest BCUT2D eigenvalue weighted by atomic mass is 9.94. The lowest BCUT2D eigenvalue weighted by Gasteiger charge is -2.40. The zero-order chi connectivity index (χ0) is 29.6. The van der Waals surface area contributed by atoms with Crippen molar-refractivity contribution in [2.45, 2.75) is 58.9 Å². The number of aromatic nitrogens is 2. The van der Waals surface area contributed by atoms with Crippen molar-refractivity contribution >= 4 is 17.6 Å². The van der Waals surface area contributed by atoms with Gasteiger partial charge in [0.05, 0.1) is 18.3 Å². The summed E-state index contributed by atoms with van der Waals surface area (Å²) >= 11 is 0. The van der Waals surface area contributed by atoms with Gasteiger partial charge in [0.25, 0.3) is 5.91 Å². The van der Waals surface area contributed by atoms with Gasteiger partial charge in [-0.25, -0.2) is 9.97 Å². The molecule has 1 saturated heterocycles. The molecule has 4 heterocycles. The van der Waals surface area contributed by atoms with E-state index in [9.17, 15) is 14.7 Å². The Hall–Kier alpha value is -3.96. The Morgan fingerprint density at radius 3 is 2.83 bits per heavy atom. The SMILES string of the molecule is Cc1c(OCc2cnco2)ccc2c1CCN(CC(O)CNC(=O)c1ccnc(NC3CN(C(=O)CC(C)C)C3)c1)C2. The second-order valence-corrected chi connectivity index (χ2v) is 11.6. The minimum absolute atomic E-state index is 0.116. The van der Waals surface area contributed by atoms with Gasteiger partial charge in [0, 0.05) is 57.4 Å². The van der Waals surface area contributed by atoms with Gasteiger partial charge in [-0.1, -0.05) is 19.9 Å². The molecule has 2 aromatic heterocycles. The highest BCUT2D eigenvalue weighted by molar-refractivity contribution is 5.94. The van der Waals surface area contributed by atoms with E-state index in [0.29, 0.717) is 55.7 Å². The van der Waals surface area contributed by atoms with Gasteiger partial charge in [-0.2, -0.15) is 0 Å². The van der Waals surface area contributed by atoms with Crippen molar-refractivity contribution in [3.8, 4) is 5.75 Å². The maximum atomic E-state index is 12.8. The van der Waals surface area contributed by atoms with E-state index >= 15 is 0 Å². The highest BCUT2D eigenvalue weighted by atomic mass is 16.5. The van der Waals surface area contributed by atoms with Gasteiger partial charge < -0.3 is 29.8 Å². The lowest BCUT2D eigenvalue weighted by Crippen LogP contribution is -2.57. The first-order valence-corrected chi connectivity index (χ1v) is 14.6. The van der Waals surface area contributed by atoms with Crippen molar-refractivity contribution in [1.29, 1.82) is 0 Å². The molecule has 1 aromatic carbocycles. The van der Waals surface area contributed by atoms with Gasteiger partial charge in [-0.15, -0.1) is 0 Å². The first kappa shape index (κ1) is 29.5. The summed E-state index contributed by atoms with van der Waals surface area (Å²) in [7, 11) is 0. The van der Waals surface area contributed by atoms with Crippen molar-refractivity contribution in [2.75, 3.05) is 38.0 Å². The molecule has 0 aliphatic carbocycles. The van der Waals surface area contributed by atoms with E-state index in [1.165, 1.54) is 17.5 Å². The number of β-amino-alcohol motifs (C(OH)–C–C–N with tert-alkyl or cyclic N) is 1. The molecule has 11 nitrogen and oxygen atoms in total. The molecule has 3 N–H and O–H groups in total. The number of hydrogen-bond acceptors (Lipinski definition) is 9. The maximum Gasteiger partial charge on any atom is 0.251 e. The molecule has 1 atom stereocenters. The molecule has 3 aromatic rings. The summed E-state index contributed by atoms with van der Waals surface area (Å²) in [5, 5.41) is 16.8. The number of benzene rings is 1.